The van der Waals surface area contributed by atoms with Gasteiger partial charge in [0.2, 0.25) is 0 Å². The van der Waals surface area contributed by atoms with Crippen molar-refractivity contribution in [2.45, 2.75) is 40.7 Å². The Morgan fingerprint density at radius 3 is 1.89 bits per heavy atom. The Labute approximate surface area is 113 Å². The smallest absolute Gasteiger partial charge is 0.114 e. The third kappa shape index (κ3) is 2.36. The van der Waals surface area contributed by atoms with Gasteiger partial charge in [-0.15, -0.1) is 11.3 Å². The van der Waals surface area contributed by atoms with E-state index >= 15 is 0 Å². The van der Waals surface area contributed by atoms with E-state index in [9.17, 15) is 5.11 Å². The Kier molecular flexibility index (Phi) is 3.60. The molecule has 18 heavy (non-hydrogen) atoms. The van der Waals surface area contributed by atoms with Crippen molar-refractivity contribution in [1.82, 2.24) is 0 Å². The van der Waals surface area contributed by atoms with Crippen molar-refractivity contribution in [3.8, 4) is 0 Å². The zero-order chi connectivity index (χ0) is 13.4. The van der Waals surface area contributed by atoms with Crippen molar-refractivity contribution in [2.75, 3.05) is 0 Å². The van der Waals surface area contributed by atoms with E-state index in [2.05, 4.69) is 52.8 Å². The molecule has 2 heteroatoms. The molecule has 1 heterocycles. The molecule has 2 aromatic rings. The van der Waals surface area contributed by atoms with Gasteiger partial charge in [0.1, 0.15) is 6.10 Å². The maximum Gasteiger partial charge on any atom is 0.114 e. The molecule has 0 radical (unpaired) electrons. The first kappa shape index (κ1) is 13.3. The molecule has 1 atom stereocenters. The molecule has 0 spiro atoms. The van der Waals surface area contributed by atoms with Crippen LogP contribution < -0.4 is 0 Å². The molecule has 1 aromatic heterocycles. The first-order valence-corrected chi connectivity index (χ1v) is 7.04. The van der Waals surface area contributed by atoms with Crippen molar-refractivity contribution >= 4 is 11.3 Å². The third-order valence-corrected chi connectivity index (χ3v) is 4.54. The van der Waals surface area contributed by atoms with Gasteiger partial charge in [-0.2, -0.15) is 0 Å². The van der Waals surface area contributed by atoms with Gasteiger partial charge in [0.05, 0.1) is 0 Å². The molecule has 0 aliphatic carbocycles. The molecule has 1 unspecified atom stereocenters. The summed E-state index contributed by atoms with van der Waals surface area (Å²) in [6, 6.07) is 6.42. The summed E-state index contributed by atoms with van der Waals surface area (Å²) in [6.07, 6.45) is -0.496. The summed E-state index contributed by atoms with van der Waals surface area (Å²) in [5.74, 6) is 0. The Hall–Kier alpha value is -1.12. The minimum atomic E-state index is -0.496. The largest absolute Gasteiger partial charge is 0.383 e. The molecule has 2 rings (SSSR count). The van der Waals surface area contributed by atoms with Gasteiger partial charge in [-0.1, -0.05) is 17.7 Å². The molecule has 1 nitrogen and oxygen atoms in total. The summed E-state index contributed by atoms with van der Waals surface area (Å²) in [5, 5.41) is 10.6. The first-order valence-electron chi connectivity index (χ1n) is 6.23. The minimum absolute atomic E-state index is 0.496. The van der Waals surface area contributed by atoms with E-state index < -0.39 is 6.10 Å². The van der Waals surface area contributed by atoms with Crippen LogP contribution in [0.15, 0.2) is 18.2 Å². The predicted molar refractivity (Wildman–Crippen MR) is 78.5 cm³/mol. The van der Waals surface area contributed by atoms with E-state index in [4.69, 9.17) is 0 Å². The molecule has 0 saturated heterocycles. The van der Waals surface area contributed by atoms with Crippen LogP contribution in [-0.2, 0) is 0 Å². The Balaban J connectivity index is 2.52. The zero-order valence-electron chi connectivity index (χ0n) is 11.7. The molecule has 0 aliphatic heterocycles. The highest BCUT2D eigenvalue weighted by Gasteiger charge is 2.19. The first-order chi connectivity index (χ1) is 8.40. The van der Waals surface area contributed by atoms with Crippen LogP contribution in [0.3, 0.4) is 0 Å². The van der Waals surface area contributed by atoms with Gasteiger partial charge >= 0.3 is 0 Å². The highest BCUT2D eigenvalue weighted by Crippen LogP contribution is 2.35. The standard InChI is InChI=1S/C16H20OS/c1-9-6-10(2)14(11(3)7-9)15(17)16-12(4)8-13(5)18-16/h6-8,15,17H,1-5H3. The van der Waals surface area contributed by atoms with Gasteiger partial charge < -0.3 is 5.11 Å². The fourth-order valence-corrected chi connectivity index (χ4v) is 3.72. The molecular formula is C16H20OS. The van der Waals surface area contributed by atoms with Gasteiger partial charge in [0, 0.05) is 9.75 Å². The second-order valence-electron chi connectivity index (χ2n) is 5.12. The van der Waals surface area contributed by atoms with Crippen LogP contribution in [-0.4, -0.2) is 5.11 Å². The number of aliphatic hydroxyl groups is 1. The average Bonchev–Trinajstić information content (AvgIpc) is 2.56. The normalized spacial score (nSPS) is 12.8. The van der Waals surface area contributed by atoms with Crippen LogP contribution in [0, 0.1) is 34.6 Å². The lowest BCUT2D eigenvalue weighted by Crippen LogP contribution is -2.04. The number of aryl methyl sites for hydroxylation is 5. The van der Waals surface area contributed by atoms with E-state index in [1.165, 1.54) is 27.1 Å². The number of hydrogen-bond acceptors (Lipinski definition) is 2. The highest BCUT2D eigenvalue weighted by atomic mass is 32.1. The number of hydrogen-bond donors (Lipinski definition) is 1. The number of aliphatic hydroxyl groups excluding tert-OH is 1. The fraction of sp³-hybridized carbons (Fsp3) is 0.375. The summed E-state index contributed by atoms with van der Waals surface area (Å²) in [5.41, 5.74) is 5.84. The van der Waals surface area contributed by atoms with E-state index in [1.807, 2.05) is 0 Å². The lowest BCUT2D eigenvalue weighted by Gasteiger charge is -2.17. The summed E-state index contributed by atoms with van der Waals surface area (Å²) < 4.78 is 0. The average molecular weight is 260 g/mol. The van der Waals surface area contributed by atoms with Crippen LogP contribution >= 0.6 is 11.3 Å². The summed E-state index contributed by atoms with van der Waals surface area (Å²) in [7, 11) is 0. The Morgan fingerprint density at radius 1 is 0.889 bits per heavy atom. The molecule has 96 valence electrons. The van der Waals surface area contributed by atoms with E-state index in [0.29, 0.717) is 0 Å². The summed E-state index contributed by atoms with van der Waals surface area (Å²) in [6.45, 7) is 10.4. The molecule has 0 saturated carbocycles. The van der Waals surface area contributed by atoms with Gasteiger partial charge in [0.15, 0.2) is 0 Å². The highest BCUT2D eigenvalue weighted by molar-refractivity contribution is 7.12. The molecule has 0 amide bonds. The van der Waals surface area contributed by atoms with Crippen molar-refractivity contribution in [3.05, 3.63) is 55.8 Å². The van der Waals surface area contributed by atoms with Gasteiger partial charge in [0.25, 0.3) is 0 Å². The second-order valence-corrected chi connectivity index (χ2v) is 6.41. The topological polar surface area (TPSA) is 20.2 Å². The van der Waals surface area contributed by atoms with Gasteiger partial charge in [-0.05, 0) is 62.9 Å². The molecule has 0 bridgehead atoms. The summed E-state index contributed by atoms with van der Waals surface area (Å²) >= 11 is 1.69. The van der Waals surface area contributed by atoms with Crippen molar-refractivity contribution in [1.29, 1.82) is 0 Å². The van der Waals surface area contributed by atoms with Crippen LogP contribution in [0.25, 0.3) is 0 Å². The van der Waals surface area contributed by atoms with Crippen LogP contribution in [0.5, 0.6) is 0 Å². The SMILES string of the molecule is Cc1cc(C)c(C(O)c2sc(C)cc2C)c(C)c1. The number of thiophene rings is 1. The Morgan fingerprint density at radius 2 is 1.44 bits per heavy atom. The second kappa shape index (κ2) is 4.87. The molecule has 1 N–H and O–H groups in total. The monoisotopic (exact) mass is 260 g/mol. The number of benzene rings is 1. The van der Waals surface area contributed by atoms with Gasteiger partial charge in [-0.25, -0.2) is 0 Å². The van der Waals surface area contributed by atoms with Crippen molar-refractivity contribution < 1.29 is 5.11 Å². The maximum atomic E-state index is 10.6. The van der Waals surface area contributed by atoms with Crippen LogP contribution in [0.4, 0.5) is 0 Å². The lowest BCUT2D eigenvalue weighted by molar-refractivity contribution is 0.222. The van der Waals surface area contributed by atoms with E-state index in [-0.39, 0.29) is 0 Å². The number of rotatable bonds is 2. The third-order valence-electron chi connectivity index (χ3n) is 3.34. The molecule has 0 aliphatic rings. The van der Waals surface area contributed by atoms with E-state index in [1.54, 1.807) is 11.3 Å². The minimum Gasteiger partial charge on any atom is -0.383 e. The zero-order valence-corrected chi connectivity index (χ0v) is 12.5. The molecule has 1 aromatic carbocycles. The van der Waals surface area contributed by atoms with Crippen molar-refractivity contribution in [3.63, 3.8) is 0 Å². The molecular weight excluding hydrogens is 240 g/mol. The Bertz CT molecular complexity index is 558. The van der Waals surface area contributed by atoms with Gasteiger partial charge in [-0.3, -0.25) is 0 Å². The lowest BCUT2D eigenvalue weighted by atomic mass is 9.94. The van der Waals surface area contributed by atoms with Crippen LogP contribution in [0.2, 0.25) is 0 Å². The quantitative estimate of drug-likeness (QED) is 0.850. The maximum absolute atomic E-state index is 10.6. The van der Waals surface area contributed by atoms with Crippen molar-refractivity contribution in [2.24, 2.45) is 0 Å². The summed E-state index contributed by atoms with van der Waals surface area (Å²) in [4.78, 5) is 2.33. The predicted octanol–water partition coefficient (Wildman–Crippen LogP) is 4.37. The van der Waals surface area contributed by atoms with E-state index in [0.717, 1.165) is 10.4 Å². The molecule has 0 fully saturated rings. The van der Waals surface area contributed by atoms with Crippen LogP contribution in [0.1, 0.15) is 43.7 Å². The fourth-order valence-electron chi connectivity index (χ4n) is 2.68.